The Morgan fingerprint density at radius 1 is 1.07 bits per heavy atom. The molecule has 2 amide bonds. The van der Waals surface area contributed by atoms with E-state index < -0.39 is 41.9 Å². The number of rotatable bonds is 5. The molecule has 30 heavy (non-hydrogen) atoms. The summed E-state index contributed by atoms with van der Waals surface area (Å²) in [5.74, 6) is -3.64. The lowest BCUT2D eigenvalue weighted by Gasteiger charge is -2.31. The number of nitrogens with zero attached hydrogens (tertiary/aromatic N) is 1. The van der Waals surface area contributed by atoms with Gasteiger partial charge in [-0.05, 0) is 49.2 Å². The minimum absolute atomic E-state index is 0.206. The van der Waals surface area contributed by atoms with Gasteiger partial charge < -0.3 is 15.0 Å². The molecule has 0 saturated carbocycles. The summed E-state index contributed by atoms with van der Waals surface area (Å²) in [5, 5.41) is 2.62. The van der Waals surface area contributed by atoms with Crippen molar-refractivity contribution in [2.45, 2.75) is 12.8 Å². The van der Waals surface area contributed by atoms with Crippen molar-refractivity contribution in [1.82, 2.24) is 4.90 Å². The van der Waals surface area contributed by atoms with Gasteiger partial charge in [0.2, 0.25) is 0 Å². The number of halogens is 3. The number of ether oxygens (including phenoxy) is 1. The van der Waals surface area contributed by atoms with Gasteiger partial charge in [-0.1, -0.05) is 15.9 Å². The molecule has 1 saturated heterocycles. The maximum absolute atomic E-state index is 13.8. The van der Waals surface area contributed by atoms with E-state index in [1.54, 1.807) is 24.3 Å². The summed E-state index contributed by atoms with van der Waals surface area (Å²) < 4.78 is 32.8. The van der Waals surface area contributed by atoms with E-state index in [0.29, 0.717) is 24.6 Å². The molecular formula is C21H19BrF2N2O4. The summed E-state index contributed by atoms with van der Waals surface area (Å²) in [6.07, 6.45) is 0.670. The van der Waals surface area contributed by atoms with Gasteiger partial charge in [0.15, 0.2) is 6.61 Å². The first-order valence-corrected chi connectivity index (χ1v) is 10.1. The largest absolute Gasteiger partial charge is 0.455 e. The number of nitrogens with one attached hydrogen (secondary N) is 1. The molecule has 1 aliphatic rings. The number of hydrogen-bond donors (Lipinski definition) is 1. The van der Waals surface area contributed by atoms with Crippen LogP contribution in [0.2, 0.25) is 0 Å². The Morgan fingerprint density at radius 3 is 2.37 bits per heavy atom. The molecule has 1 heterocycles. The lowest BCUT2D eigenvalue weighted by atomic mass is 9.96. The van der Waals surface area contributed by atoms with Crippen molar-refractivity contribution in [2.24, 2.45) is 5.92 Å². The van der Waals surface area contributed by atoms with E-state index in [4.69, 9.17) is 4.74 Å². The summed E-state index contributed by atoms with van der Waals surface area (Å²) in [7, 11) is 0. The Hall–Kier alpha value is -2.81. The number of carbonyl (C=O) groups is 3. The van der Waals surface area contributed by atoms with Crippen molar-refractivity contribution < 1.29 is 27.9 Å². The van der Waals surface area contributed by atoms with Crippen LogP contribution in [0.5, 0.6) is 0 Å². The lowest BCUT2D eigenvalue weighted by Crippen LogP contribution is -2.41. The van der Waals surface area contributed by atoms with Crippen LogP contribution in [0, 0.1) is 17.6 Å². The predicted octanol–water partition coefficient (Wildman–Crippen LogP) is 3.76. The summed E-state index contributed by atoms with van der Waals surface area (Å²) in [4.78, 5) is 38.0. The van der Waals surface area contributed by atoms with Crippen molar-refractivity contribution in [3.63, 3.8) is 0 Å². The second kappa shape index (κ2) is 9.80. The molecule has 2 aromatic carbocycles. The second-order valence-electron chi connectivity index (χ2n) is 6.85. The third kappa shape index (κ3) is 5.63. The van der Waals surface area contributed by atoms with E-state index in [0.717, 1.165) is 16.6 Å². The van der Waals surface area contributed by atoms with Crippen LogP contribution in [0.25, 0.3) is 0 Å². The van der Waals surface area contributed by atoms with Gasteiger partial charge in [0.05, 0.1) is 11.5 Å². The summed E-state index contributed by atoms with van der Waals surface area (Å²) >= 11 is 3.30. The normalized spacial score (nSPS) is 14.3. The van der Waals surface area contributed by atoms with Crippen molar-refractivity contribution in [2.75, 3.05) is 25.0 Å². The molecule has 9 heteroatoms. The molecule has 3 rings (SSSR count). The van der Waals surface area contributed by atoms with Gasteiger partial charge in [-0.2, -0.15) is 0 Å². The van der Waals surface area contributed by atoms with Gasteiger partial charge in [0.1, 0.15) is 11.6 Å². The maximum Gasteiger partial charge on any atom is 0.309 e. The molecule has 6 nitrogen and oxygen atoms in total. The van der Waals surface area contributed by atoms with Crippen molar-refractivity contribution in [1.29, 1.82) is 0 Å². The highest BCUT2D eigenvalue weighted by atomic mass is 79.9. The average molecular weight is 481 g/mol. The molecule has 158 valence electrons. The Balaban J connectivity index is 1.45. The Kier molecular flexibility index (Phi) is 7.15. The number of amides is 2. The molecule has 0 bridgehead atoms. The molecule has 1 aliphatic heterocycles. The van der Waals surface area contributed by atoms with Crippen molar-refractivity contribution >= 4 is 39.4 Å². The second-order valence-corrected chi connectivity index (χ2v) is 7.77. The van der Waals surface area contributed by atoms with Crippen LogP contribution in [0.4, 0.5) is 14.5 Å². The number of piperidine rings is 1. The molecular weight excluding hydrogens is 462 g/mol. The van der Waals surface area contributed by atoms with E-state index in [2.05, 4.69) is 21.2 Å². The Bertz CT molecular complexity index is 945. The van der Waals surface area contributed by atoms with E-state index in [1.165, 1.54) is 4.90 Å². The number of carbonyl (C=O) groups excluding carboxylic acids is 3. The Labute approximate surface area is 180 Å². The molecule has 0 atom stereocenters. The van der Waals surface area contributed by atoms with Crippen LogP contribution < -0.4 is 5.32 Å². The highest BCUT2D eigenvalue weighted by Gasteiger charge is 2.30. The summed E-state index contributed by atoms with van der Waals surface area (Å²) in [5.41, 5.74) is 0.376. The SMILES string of the molecule is O=C(COC(=O)C1CCN(C(=O)c2ccc(F)cc2F)CC1)Nc1ccc(Br)cc1. The zero-order valence-corrected chi connectivity index (χ0v) is 17.5. The van der Waals surface area contributed by atoms with E-state index in [9.17, 15) is 23.2 Å². The fourth-order valence-corrected chi connectivity index (χ4v) is 3.40. The fraction of sp³-hybridized carbons (Fsp3) is 0.286. The monoisotopic (exact) mass is 480 g/mol. The van der Waals surface area contributed by atoms with Crippen LogP contribution in [0.3, 0.4) is 0 Å². The smallest absolute Gasteiger partial charge is 0.309 e. The van der Waals surface area contributed by atoms with Crippen LogP contribution in [-0.2, 0) is 14.3 Å². The zero-order valence-electron chi connectivity index (χ0n) is 15.9. The van der Waals surface area contributed by atoms with Gasteiger partial charge in [-0.3, -0.25) is 14.4 Å². The minimum Gasteiger partial charge on any atom is -0.455 e. The number of likely N-dealkylation sites (tertiary alicyclic amines) is 1. The van der Waals surface area contributed by atoms with Gasteiger partial charge in [-0.25, -0.2) is 8.78 Å². The van der Waals surface area contributed by atoms with E-state index in [-0.39, 0.29) is 18.7 Å². The first-order valence-electron chi connectivity index (χ1n) is 9.30. The van der Waals surface area contributed by atoms with Gasteiger partial charge in [-0.15, -0.1) is 0 Å². The molecule has 2 aromatic rings. The quantitative estimate of drug-likeness (QED) is 0.661. The Morgan fingerprint density at radius 2 is 1.73 bits per heavy atom. The zero-order chi connectivity index (χ0) is 21.7. The molecule has 0 unspecified atom stereocenters. The van der Waals surface area contributed by atoms with E-state index >= 15 is 0 Å². The number of anilines is 1. The highest BCUT2D eigenvalue weighted by molar-refractivity contribution is 9.10. The van der Waals surface area contributed by atoms with Crippen LogP contribution >= 0.6 is 15.9 Å². The number of benzene rings is 2. The molecule has 1 fully saturated rings. The minimum atomic E-state index is -0.918. The summed E-state index contributed by atoms with van der Waals surface area (Å²) in [6, 6.07) is 9.76. The highest BCUT2D eigenvalue weighted by Crippen LogP contribution is 2.22. The van der Waals surface area contributed by atoms with Crippen LogP contribution in [0.15, 0.2) is 46.9 Å². The van der Waals surface area contributed by atoms with Crippen LogP contribution in [-0.4, -0.2) is 42.4 Å². The molecule has 0 spiro atoms. The standard InChI is InChI=1S/C21H19BrF2N2O4/c22-14-1-4-16(5-2-14)25-19(27)12-30-21(29)13-7-9-26(10-8-13)20(28)17-6-3-15(23)11-18(17)24/h1-6,11,13H,7-10,12H2,(H,25,27). The average Bonchev–Trinajstić information content (AvgIpc) is 2.73. The predicted molar refractivity (Wildman–Crippen MR) is 109 cm³/mol. The van der Waals surface area contributed by atoms with Gasteiger partial charge in [0.25, 0.3) is 11.8 Å². The van der Waals surface area contributed by atoms with Gasteiger partial charge >= 0.3 is 5.97 Å². The molecule has 0 aliphatic carbocycles. The molecule has 0 radical (unpaired) electrons. The fourth-order valence-electron chi connectivity index (χ4n) is 3.14. The van der Waals surface area contributed by atoms with E-state index in [1.807, 2.05) is 0 Å². The number of hydrogen-bond acceptors (Lipinski definition) is 4. The molecule has 0 aromatic heterocycles. The van der Waals surface area contributed by atoms with Crippen molar-refractivity contribution in [3.05, 3.63) is 64.1 Å². The van der Waals surface area contributed by atoms with Gasteiger partial charge in [0, 0.05) is 29.3 Å². The van der Waals surface area contributed by atoms with Crippen molar-refractivity contribution in [3.8, 4) is 0 Å². The first kappa shape index (κ1) is 21.9. The lowest BCUT2D eigenvalue weighted by molar-refractivity contribution is -0.152. The first-order chi connectivity index (χ1) is 14.3. The number of esters is 1. The molecule has 1 N–H and O–H groups in total. The summed E-state index contributed by atoms with van der Waals surface area (Å²) in [6.45, 7) is 0.0653. The third-order valence-corrected chi connectivity index (χ3v) is 5.28. The topological polar surface area (TPSA) is 75.7 Å². The van der Waals surface area contributed by atoms with Crippen LogP contribution in [0.1, 0.15) is 23.2 Å². The third-order valence-electron chi connectivity index (χ3n) is 4.75. The maximum atomic E-state index is 13.8.